The Hall–Kier alpha value is -0.350. The number of methoxy groups -OCH3 is 1. The number of alkyl halides is 2. The van der Waals surface area contributed by atoms with Gasteiger partial charge in [-0.05, 0) is 30.0 Å². The van der Waals surface area contributed by atoms with E-state index in [1.165, 1.54) is 12.7 Å². The molecule has 0 amide bonds. The molecule has 0 bridgehead atoms. The van der Waals surface area contributed by atoms with Crippen molar-refractivity contribution in [3.05, 3.63) is 34.9 Å². The summed E-state index contributed by atoms with van der Waals surface area (Å²) in [7, 11) is 1.41. The topological polar surface area (TPSA) is 26.3 Å². The van der Waals surface area contributed by atoms with Gasteiger partial charge in [0, 0.05) is 10.7 Å². The molecular formula is C12H14Br2O2. The molecule has 0 aliphatic heterocycles. The number of carbonyl (C=O) groups excluding carboxylic acids is 1. The second-order valence-electron chi connectivity index (χ2n) is 3.36. The van der Waals surface area contributed by atoms with Gasteiger partial charge in [-0.2, -0.15) is 0 Å². The number of esters is 1. The molecule has 1 rings (SSSR count). The summed E-state index contributed by atoms with van der Waals surface area (Å²) in [6.45, 7) is 0. The first kappa shape index (κ1) is 13.7. The number of ether oxygens (including phenoxy) is 1. The van der Waals surface area contributed by atoms with E-state index >= 15 is 0 Å². The average Bonchev–Trinajstić information content (AvgIpc) is 2.34. The summed E-state index contributed by atoms with van der Waals surface area (Å²) in [6, 6.07) is 5.77. The fourth-order valence-corrected chi connectivity index (χ4v) is 2.53. The molecule has 0 unspecified atom stereocenters. The Kier molecular flexibility index (Phi) is 6.06. The molecule has 1 aromatic rings. The monoisotopic (exact) mass is 348 g/mol. The van der Waals surface area contributed by atoms with E-state index in [0.717, 1.165) is 23.7 Å². The van der Waals surface area contributed by atoms with E-state index in [1.54, 1.807) is 6.07 Å². The summed E-state index contributed by atoms with van der Waals surface area (Å²) in [5.74, 6) is -0.268. The third-order valence-corrected chi connectivity index (χ3v) is 3.51. The maximum absolute atomic E-state index is 11.6. The van der Waals surface area contributed by atoms with Crippen LogP contribution in [0.5, 0.6) is 0 Å². The lowest BCUT2D eigenvalue weighted by atomic mass is 9.99. The summed E-state index contributed by atoms with van der Waals surface area (Å²) >= 11 is 6.84. The summed E-state index contributed by atoms with van der Waals surface area (Å²) in [5.41, 5.74) is 2.90. The van der Waals surface area contributed by atoms with Gasteiger partial charge in [-0.1, -0.05) is 44.0 Å². The van der Waals surface area contributed by atoms with Crippen LogP contribution in [0, 0.1) is 0 Å². The lowest BCUT2D eigenvalue weighted by Crippen LogP contribution is -2.07. The number of rotatable bonds is 5. The van der Waals surface area contributed by atoms with E-state index in [0.29, 0.717) is 10.9 Å². The van der Waals surface area contributed by atoms with Gasteiger partial charge in [0.1, 0.15) is 0 Å². The van der Waals surface area contributed by atoms with Gasteiger partial charge in [-0.15, -0.1) is 0 Å². The molecule has 0 spiro atoms. The number of aryl methyl sites for hydroxylation is 1. The molecule has 0 N–H and O–H groups in total. The van der Waals surface area contributed by atoms with Gasteiger partial charge >= 0.3 is 5.97 Å². The predicted octanol–water partition coefficient (Wildman–Crippen LogP) is 3.70. The van der Waals surface area contributed by atoms with Gasteiger partial charge < -0.3 is 4.74 Å². The van der Waals surface area contributed by atoms with Crippen molar-refractivity contribution in [3.63, 3.8) is 0 Å². The van der Waals surface area contributed by atoms with Crippen molar-refractivity contribution >= 4 is 37.8 Å². The highest BCUT2D eigenvalue weighted by Crippen LogP contribution is 2.20. The minimum Gasteiger partial charge on any atom is -0.465 e. The van der Waals surface area contributed by atoms with Crippen LogP contribution >= 0.6 is 31.9 Å². The third kappa shape index (κ3) is 3.32. The number of carbonyl (C=O) groups is 1. The van der Waals surface area contributed by atoms with Crippen molar-refractivity contribution in [2.24, 2.45) is 0 Å². The van der Waals surface area contributed by atoms with Crippen LogP contribution < -0.4 is 0 Å². The van der Waals surface area contributed by atoms with Crippen LogP contribution in [0.3, 0.4) is 0 Å². The van der Waals surface area contributed by atoms with E-state index < -0.39 is 0 Å². The molecule has 0 saturated heterocycles. The van der Waals surface area contributed by atoms with E-state index in [-0.39, 0.29) is 5.97 Å². The highest BCUT2D eigenvalue weighted by molar-refractivity contribution is 9.09. The minimum absolute atomic E-state index is 0.268. The molecule has 0 heterocycles. The van der Waals surface area contributed by atoms with E-state index in [1.807, 2.05) is 6.07 Å². The van der Waals surface area contributed by atoms with E-state index in [9.17, 15) is 4.79 Å². The lowest BCUT2D eigenvalue weighted by Gasteiger charge is -2.10. The number of halogens is 2. The quantitative estimate of drug-likeness (QED) is 0.598. The average molecular weight is 350 g/mol. The van der Waals surface area contributed by atoms with Crippen LogP contribution in [0.15, 0.2) is 18.2 Å². The fourth-order valence-electron chi connectivity index (χ4n) is 1.59. The minimum atomic E-state index is -0.268. The van der Waals surface area contributed by atoms with Crippen molar-refractivity contribution in [3.8, 4) is 0 Å². The molecule has 0 aromatic heterocycles. The maximum Gasteiger partial charge on any atom is 0.338 e. The first-order valence-electron chi connectivity index (χ1n) is 5.05. The molecule has 2 nitrogen and oxygen atoms in total. The Morgan fingerprint density at radius 2 is 2.12 bits per heavy atom. The second kappa shape index (κ2) is 7.07. The van der Waals surface area contributed by atoms with Crippen LogP contribution in [0.25, 0.3) is 0 Å². The fraction of sp³-hybridized carbons (Fsp3) is 0.417. The Morgan fingerprint density at radius 3 is 2.69 bits per heavy atom. The largest absolute Gasteiger partial charge is 0.465 e. The molecule has 0 fully saturated rings. The zero-order chi connectivity index (χ0) is 12.0. The van der Waals surface area contributed by atoms with Gasteiger partial charge in [-0.3, -0.25) is 0 Å². The number of hydrogen-bond acceptors (Lipinski definition) is 2. The van der Waals surface area contributed by atoms with Crippen LogP contribution in [-0.2, 0) is 16.5 Å². The van der Waals surface area contributed by atoms with Gasteiger partial charge in [0.25, 0.3) is 0 Å². The van der Waals surface area contributed by atoms with Gasteiger partial charge in [0.2, 0.25) is 0 Å². The molecular weight excluding hydrogens is 336 g/mol. The van der Waals surface area contributed by atoms with E-state index in [4.69, 9.17) is 4.74 Å². The Balaban J connectivity index is 3.05. The summed E-state index contributed by atoms with van der Waals surface area (Å²) in [6.07, 6.45) is 2.03. The Bertz CT molecular complexity index is 364. The van der Waals surface area contributed by atoms with Crippen molar-refractivity contribution in [2.45, 2.75) is 18.2 Å². The van der Waals surface area contributed by atoms with Crippen molar-refractivity contribution in [1.82, 2.24) is 0 Å². The zero-order valence-corrected chi connectivity index (χ0v) is 12.3. The highest BCUT2D eigenvalue weighted by Gasteiger charge is 2.13. The van der Waals surface area contributed by atoms with Crippen molar-refractivity contribution in [1.29, 1.82) is 0 Å². The Morgan fingerprint density at radius 1 is 1.38 bits per heavy atom. The molecule has 4 heteroatoms. The first-order chi connectivity index (χ1) is 7.74. The van der Waals surface area contributed by atoms with Crippen LogP contribution in [0.1, 0.15) is 27.9 Å². The third-order valence-electron chi connectivity index (χ3n) is 2.39. The lowest BCUT2D eigenvalue weighted by molar-refractivity contribution is 0.0599. The molecule has 0 aliphatic rings. The summed E-state index contributed by atoms with van der Waals surface area (Å²) in [4.78, 5) is 11.6. The number of benzene rings is 1. The zero-order valence-electron chi connectivity index (χ0n) is 9.13. The molecule has 88 valence electrons. The molecule has 0 saturated carbocycles. The standard InChI is InChI=1S/C12H14Br2O2/c1-16-12(15)10-6-2-4-9(5-3-7-13)11(10)8-14/h2,4,6H,3,5,7-8H2,1H3. The first-order valence-corrected chi connectivity index (χ1v) is 7.30. The van der Waals surface area contributed by atoms with Crippen LogP contribution in [-0.4, -0.2) is 18.4 Å². The van der Waals surface area contributed by atoms with Crippen LogP contribution in [0.2, 0.25) is 0 Å². The molecule has 16 heavy (non-hydrogen) atoms. The maximum atomic E-state index is 11.6. The van der Waals surface area contributed by atoms with E-state index in [2.05, 4.69) is 37.9 Å². The second-order valence-corrected chi connectivity index (χ2v) is 4.71. The molecule has 0 aliphatic carbocycles. The van der Waals surface area contributed by atoms with Crippen molar-refractivity contribution in [2.75, 3.05) is 12.4 Å². The summed E-state index contributed by atoms with van der Waals surface area (Å²) in [5, 5.41) is 1.65. The predicted molar refractivity (Wildman–Crippen MR) is 72.5 cm³/mol. The Labute approximate surface area is 113 Å². The van der Waals surface area contributed by atoms with Crippen molar-refractivity contribution < 1.29 is 9.53 Å². The molecule has 0 atom stereocenters. The smallest absolute Gasteiger partial charge is 0.338 e. The van der Waals surface area contributed by atoms with Gasteiger partial charge in [0.05, 0.1) is 12.7 Å². The number of hydrogen-bond donors (Lipinski definition) is 0. The van der Waals surface area contributed by atoms with Crippen LogP contribution in [0.4, 0.5) is 0 Å². The van der Waals surface area contributed by atoms with Gasteiger partial charge in [-0.25, -0.2) is 4.79 Å². The SMILES string of the molecule is COC(=O)c1cccc(CCCBr)c1CBr. The summed E-state index contributed by atoms with van der Waals surface area (Å²) < 4.78 is 4.77. The highest BCUT2D eigenvalue weighted by atomic mass is 79.9. The normalized spacial score (nSPS) is 10.2. The van der Waals surface area contributed by atoms with Gasteiger partial charge in [0.15, 0.2) is 0 Å². The molecule has 1 aromatic carbocycles. The molecule has 0 radical (unpaired) electrons.